The number of piperidine rings is 1. The van der Waals surface area contributed by atoms with Crippen molar-refractivity contribution in [3.05, 3.63) is 29.3 Å². The van der Waals surface area contributed by atoms with Crippen LogP contribution in [0.3, 0.4) is 0 Å². The van der Waals surface area contributed by atoms with Gasteiger partial charge in [0, 0.05) is 13.1 Å². The number of carboxylic acids is 1. The lowest BCUT2D eigenvalue weighted by atomic mass is 9.87. The lowest BCUT2D eigenvalue weighted by molar-refractivity contribution is -0.143. The Morgan fingerprint density at radius 3 is 2.81 bits per heavy atom. The van der Waals surface area contributed by atoms with E-state index >= 15 is 0 Å². The zero-order valence-corrected chi connectivity index (χ0v) is 15.2. The Balaban J connectivity index is 1.69. The van der Waals surface area contributed by atoms with Crippen molar-refractivity contribution in [1.82, 2.24) is 10.2 Å². The zero-order valence-electron chi connectivity index (χ0n) is 15.2. The minimum atomic E-state index is -2.87. The van der Waals surface area contributed by atoms with Crippen LogP contribution in [0.25, 0.3) is 0 Å². The van der Waals surface area contributed by atoms with Gasteiger partial charge in [-0.25, -0.2) is 4.79 Å². The lowest BCUT2D eigenvalue weighted by Crippen LogP contribution is -2.50. The van der Waals surface area contributed by atoms with Crippen LogP contribution in [0.4, 0.5) is 13.6 Å². The molecule has 6 nitrogen and oxygen atoms in total. The number of benzene rings is 1. The smallest absolute Gasteiger partial charge is 0.387 e. The number of carbonyl (C=O) groups excluding carboxylic acids is 1. The first kappa shape index (κ1) is 19.4. The minimum absolute atomic E-state index is 0.116. The van der Waals surface area contributed by atoms with E-state index < -0.39 is 18.5 Å². The summed E-state index contributed by atoms with van der Waals surface area (Å²) in [6.07, 6.45) is 2.88. The molecule has 0 saturated carbocycles. The van der Waals surface area contributed by atoms with E-state index in [4.69, 9.17) is 0 Å². The van der Waals surface area contributed by atoms with Gasteiger partial charge >= 0.3 is 18.6 Å². The number of hydrogen-bond acceptors (Lipinski definition) is 3. The van der Waals surface area contributed by atoms with Crippen molar-refractivity contribution in [3.63, 3.8) is 0 Å². The van der Waals surface area contributed by atoms with E-state index in [1.165, 1.54) is 6.07 Å². The molecule has 3 rings (SSSR count). The maximum Gasteiger partial charge on any atom is 0.387 e. The highest BCUT2D eigenvalue weighted by molar-refractivity contribution is 5.77. The first-order chi connectivity index (χ1) is 12.8. The number of ether oxygens (including phenoxy) is 1. The van der Waals surface area contributed by atoms with Crippen LogP contribution in [0.15, 0.2) is 18.2 Å². The number of nitrogens with zero attached hydrogens (tertiary/aromatic N) is 1. The van der Waals surface area contributed by atoms with Gasteiger partial charge in [-0.15, -0.1) is 0 Å². The summed E-state index contributed by atoms with van der Waals surface area (Å²) in [7, 11) is 0. The van der Waals surface area contributed by atoms with Crippen molar-refractivity contribution in [2.24, 2.45) is 11.8 Å². The van der Waals surface area contributed by atoms with Crippen LogP contribution in [0.5, 0.6) is 5.75 Å². The molecular weight excluding hydrogens is 358 g/mol. The van der Waals surface area contributed by atoms with Gasteiger partial charge < -0.3 is 20.1 Å². The fraction of sp³-hybridized carbons (Fsp3) is 0.579. The van der Waals surface area contributed by atoms with Crippen LogP contribution in [0.1, 0.15) is 43.4 Å². The molecule has 1 heterocycles. The third-order valence-electron chi connectivity index (χ3n) is 5.25. The lowest BCUT2D eigenvalue weighted by Gasteiger charge is -2.36. The number of alkyl halides is 2. The Hall–Kier alpha value is -2.38. The molecular formula is C19H24F2N2O4. The fourth-order valence-corrected chi connectivity index (χ4v) is 4.05. The Kier molecular flexibility index (Phi) is 5.82. The molecule has 3 atom stereocenters. The third kappa shape index (κ3) is 4.67. The molecule has 0 bridgehead atoms. The molecule has 2 aliphatic rings. The molecule has 1 aromatic carbocycles. The number of aryl methyl sites for hydroxylation is 1. The van der Waals surface area contributed by atoms with E-state index in [9.17, 15) is 23.5 Å². The molecule has 27 heavy (non-hydrogen) atoms. The van der Waals surface area contributed by atoms with Crippen molar-refractivity contribution in [2.45, 2.75) is 45.3 Å². The number of halogens is 2. The van der Waals surface area contributed by atoms with Crippen LogP contribution in [-0.4, -0.2) is 41.7 Å². The van der Waals surface area contributed by atoms with Gasteiger partial charge in [0.2, 0.25) is 0 Å². The van der Waals surface area contributed by atoms with Crippen LogP contribution < -0.4 is 10.1 Å². The van der Waals surface area contributed by atoms with Crippen LogP contribution in [0, 0.1) is 11.8 Å². The fourth-order valence-electron chi connectivity index (χ4n) is 4.05. The predicted molar refractivity (Wildman–Crippen MR) is 93.8 cm³/mol. The molecule has 1 fully saturated rings. The molecule has 1 aliphatic carbocycles. The van der Waals surface area contributed by atoms with Gasteiger partial charge in [0.05, 0.1) is 12.0 Å². The number of fused-ring (bicyclic) bond motifs is 1. The monoisotopic (exact) mass is 382 g/mol. The summed E-state index contributed by atoms with van der Waals surface area (Å²) in [6.45, 7) is -0.205. The van der Waals surface area contributed by atoms with Crippen molar-refractivity contribution in [3.8, 4) is 5.75 Å². The van der Waals surface area contributed by atoms with Gasteiger partial charge in [0.15, 0.2) is 0 Å². The van der Waals surface area contributed by atoms with Crippen LogP contribution in [0.2, 0.25) is 0 Å². The molecule has 1 aromatic rings. The first-order valence-corrected chi connectivity index (χ1v) is 9.19. The number of hydrogen-bond donors (Lipinski definition) is 2. The van der Waals surface area contributed by atoms with Crippen molar-refractivity contribution < 1.29 is 28.2 Å². The summed E-state index contributed by atoms with van der Waals surface area (Å²) in [4.78, 5) is 25.6. The molecule has 2 N–H and O–H groups in total. The zero-order chi connectivity index (χ0) is 19.6. The Bertz CT molecular complexity index is 713. The number of urea groups is 1. The number of carbonyl (C=O) groups is 2. The molecule has 0 spiro atoms. The second-order valence-corrected chi connectivity index (χ2v) is 7.41. The van der Waals surface area contributed by atoms with Crippen LogP contribution in [-0.2, 0) is 11.2 Å². The Morgan fingerprint density at radius 1 is 1.33 bits per heavy atom. The topological polar surface area (TPSA) is 78.9 Å². The number of aliphatic carboxylic acids is 1. The second kappa shape index (κ2) is 8.10. The van der Waals surface area contributed by atoms with Gasteiger partial charge in [-0.1, -0.05) is 13.0 Å². The predicted octanol–water partition coefficient (Wildman–Crippen LogP) is 3.42. The van der Waals surface area contributed by atoms with Crippen molar-refractivity contribution in [1.29, 1.82) is 0 Å². The van der Waals surface area contributed by atoms with E-state index in [1.807, 2.05) is 6.92 Å². The number of likely N-dealkylation sites (tertiary alicyclic amines) is 1. The number of rotatable bonds is 4. The Labute approximate surface area is 156 Å². The minimum Gasteiger partial charge on any atom is -0.481 e. The van der Waals surface area contributed by atoms with Gasteiger partial charge in [-0.3, -0.25) is 4.79 Å². The maximum absolute atomic E-state index is 12.7. The highest BCUT2D eigenvalue weighted by atomic mass is 19.3. The SMILES string of the molecule is CC1CC(C(=O)O)CN(C(=O)NC2CCCc3cc(OC(F)F)ccc32)C1. The molecule has 3 unspecified atom stereocenters. The summed E-state index contributed by atoms with van der Waals surface area (Å²) in [5, 5.41) is 12.3. The molecule has 0 aromatic heterocycles. The molecule has 1 aliphatic heterocycles. The van der Waals surface area contributed by atoms with E-state index in [0.717, 1.165) is 30.4 Å². The van der Waals surface area contributed by atoms with Gasteiger partial charge in [-0.05, 0) is 54.9 Å². The molecule has 1 saturated heterocycles. The van der Waals surface area contributed by atoms with Crippen molar-refractivity contribution in [2.75, 3.05) is 13.1 Å². The van der Waals surface area contributed by atoms with Gasteiger partial charge in [0.25, 0.3) is 0 Å². The summed E-state index contributed by atoms with van der Waals surface area (Å²) >= 11 is 0. The molecule has 148 valence electrons. The van der Waals surface area contributed by atoms with Gasteiger partial charge in [0.1, 0.15) is 5.75 Å². The average molecular weight is 382 g/mol. The normalized spacial score (nSPS) is 25.0. The summed E-state index contributed by atoms with van der Waals surface area (Å²) < 4.78 is 29.3. The highest BCUT2D eigenvalue weighted by Crippen LogP contribution is 2.33. The largest absolute Gasteiger partial charge is 0.481 e. The first-order valence-electron chi connectivity index (χ1n) is 9.19. The van der Waals surface area contributed by atoms with E-state index in [1.54, 1.807) is 17.0 Å². The third-order valence-corrected chi connectivity index (χ3v) is 5.25. The second-order valence-electron chi connectivity index (χ2n) is 7.41. The molecule has 8 heteroatoms. The van der Waals surface area contributed by atoms with E-state index in [2.05, 4.69) is 10.1 Å². The summed E-state index contributed by atoms with van der Waals surface area (Å²) in [6, 6.07) is 4.30. The molecule has 2 amide bonds. The summed E-state index contributed by atoms with van der Waals surface area (Å²) in [5.41, 5.74) is 1.79. The average Bonchev–Trinajstić information content (AvgIpc) is 2.60. The van der Waals surface area contributed by atoms with Crippen molar-refractivity contribution >= 4 is 12.0 Å². The number of amides is 2. The Morgan fingerprint density at radius 2 is 2.11 bits per heavy atom. The summed E-state index contributed by atoms with van der Waals surface area (Å²) in [5.74, 6) is -1.19. The maximum atomic E-state index is 12.7. The van der Waals surface area contributed by atoms with E-state index in [0.29, 0.717) is 13.0 Å². The number of carboxylic acid groups (broad SMARTS) is 1. The quantitative estimate of drug-likeness (QED) is 0.836. The standard InChI is InChI=1S/C19H24F2N2O4/c1-11-7-13(17(24)25)10-23(9-11)19(26)22-16-4-2-3-12-8-14(27-18(20)21)5-6-15(12)16/h5-6,8,11,13,16,18H,2-4,7,9-10H2,1H3,(H,22,26)(H,24,25). The van der Waals surface area contributed by atoms with E-state index in [-0.39, 0.29) is 30.3 Å². The number of nitrogens with one attached hydrogen (secondary N) is 1. The van der Waals surface area contributed by atoms with Gasteiger partial charge in [-0.2, -0.15) is 8.78 Å². The van der Waals surface area contributed by atoms with Crippen LogP contribution >= 0.6 is 0 Å². The highest BCUT2D eigenvalue weighted by Gasteiger charge is 2.33. The molecule has 0 radical (unpaired) electrons.